The molecule has 0 radical (unpaired) electrons. The molecule has 0 aromatic rings. The molecule has 0 aromatic heterocycles. The topological polar surface area (TPSA) is 48.0 Å². The van der Waals surface area contributed by atoms with Crippen molar-refractivity contribution in [1.29, 1.82) is 0 Å². The molecule has 1 rings (SSSR count). The highest BCUT2D eigenvalue weighted by Crippen LogP contribution is 2.39. The maximum atomic E-state index is 11.0. The van der Waals surface area contributed by atoms with Crippen LogP contribution >= 0.6 is 0 Å². The van der Waals surface area contributed by atoms with E-state index in [-0.39, 0.29) is 23.2 Å². The first kappa shape index (κ1) is 14.4. The van der Waals surface area contributed by atoms with Crippen LogP contribution in [0, 0.1) is 0 Å². The van der Waals surface area contributed by atoms with Crippen molar-refractivity contribution in [2.75, 3.05) is 7.11 Å². The van der Waals surface area contributed by atoms with Crippen LogP contribution in [0.2, 0.25) is 0 Å². The van der Waals surface area contributed by atoms with E-state index in [1.165, 1.54) is 14.0 Å². The molecule has 0 bridgehead atoms. The van der Waals surface area contributed by atoms with Gasteiger partial charge in [0.25, 0.3) is 0 Å². The summed E-state index contributed by atoms with van der Waals surface area (Å²) in [7, 11) is 1.49. The minimum Gasteiger partial charge on any atom is -0.462 e. The van der Waals surface area contributed by atoms with Gasteiger partial charge in [0, 0.05) is 30.8 Å². The lowest BCUT2D eigenvalue weighted by Crippen LogP contribution is -2.61. The molecule has 100 valence electrons. The van der Waals surface area contributed by atoms with Crippen LogP contribution in [0.1, 0.15) is 47.5 Å². The quantitative estimate of drug-likeness (QED) is 0.433. The maximum absolute atomic E-state index is 11.0. The Labute approximate surface area is 103 Å². The van der Waals surface area contributed by atoms with E-state index in [2.05, 4.69) is 0 Å². The fourth-order valence-electron chi connectivity index (χ4n) is 2.77. The van der Waals surface area contributed by atoms with E-state index in [9.17, 15) is 4.79 Å². The largest absolute Gasteiger partial charge is 0.462 e. The molecule has 0 saturated carbocycles. The van der Waals surface area contributed by atoms with Crippen molar-refractivity contribution in [3.05, 3.63) is 0 Å². The van der Waals surface area contributed by atoms with Gasteiger partial charge in [0.1, 0.15) is 6.10 Å². The number of hydroxylamine groups is 2. The minimum atomic E-state index is -0.252. The Hall–Kier alpha value is -0.650. The van der Waals surface area contributed by atoms with Gasteiger partial charge in [-0.2, -0.15) is 0 Å². The van der Waals surface area contributed by atoms with Gasteiger partial charge in [-0.05, 0) is 27.7 Å². The molecule has 0 N–H and O–H groups in total. The summed E-state index contributed by atoms with van der Waals surface area (Å²) in [6.07, 6.45) is 1.37. The van der Waals surface area contributed by atoms with E-state index in [1.807, 2.05) is 32.8 Å². The zero-order valence-corrected chi connectivity index (χ0v) is 11.6. The lowest BCUT2D eigenvalue weighted by atomic mass is 9.80. The van der Waals surface area contributed by atoms with Crippen LogP contribution in [0.25, 0.3) is 0 Å². The van der Waals surface area contributed by atoms with Crippen LogP contribution in [-0.4, -0.2) is 35.3 Å². The molecule has 0 aliphatic carbocycles. The highest BCUT2D eigenvalue weighted by atomic mass is 17.3. The lowest BCUT2D eigenvalue weighted by molar-refractivity contribution is -0.467. The number of hydrogen-bond acceptors (Lipinski definition) is 5. The van der Waals surface area contributed by atoms with Gasteiger partial charge in [-0.3, -0.25) is 4.79 Å². The summed E-state index contributed by atoms with van der Waals surface area (Å²) in [5, 5.41) is 1.83. The van der Waals surface area contributed by atoms with Gasteiger partial charge in [-0.25, -0.2) is 4.89 Å². The van der Waals surface area contributed by atoms with Gasteiger partial charge in [0.05, 0.1) is 7.11 Å². The number of piperidine rings is 1. The molecule has 1 heterocycles. The summed E-state index contributed by atoms with van der Waals surface area (Å²) in [6, 6.07) is 0. The third-order valence-electron chi connectivity index (χ3n) is 3.04. The second-order valence-electron chi connectivity index (χ2n) is 5.80. The number of ether oxygens (including phenoxy) is 1. The minimum absolute atomic E-state index is 0.0748. The predicted octanol–water partition coefficient (Wildman–Crippen LogP) is 2.06. The Morgan fingerprint density at radius 1 is 1.18 bits per heavy atom. The number of esters is 1. The zero-order valence-electron chi connectivity index (χ0n) is 11.6. The first-order valence-electron chi connectivity index (χ1n) is 5.87. The van der Waals surface area contributed by atoms with Crippen molar-refractivity contribution in [2.45, 2.75) is 64.6 Å². The second kappa shape index (κ2) is 4.92. The molecule has 5 nitrogen and oxygen atoms in total. The molecule has 1 aliphatic rings. The number of nitrogens with zero attached hydrogens (tertiary/aromatic N) is 1. The van der Waals surface area contributed by atoms with E-state index in [4.69, 9.17) is 14.6 Å². The van der Waals surface area contributed by atoms with Gasteiger partial charge in [-0.15, -0.1) is 10.1 Å². The molecular weight excluding hydrogens is 222 g/mol. The van der Waals surface area contributed by atoms with Crippen LogP contribution < -0.4 is 0 Å². The molecule has 1 aliphatic heterocycles. The Balaban J connectivity index is 2.84. The SMILES string of the molecule is COON1C(C)(C)CC(OC(C)=O)CC1(C)C. The Morgan fingerprint density at radius 3 is 2.00 bits per heavy atom. The fraction of sp³-hybridized carbons (Fsp3) is 0.917. The molecule has 0 unspecified atom stereocenters. The first-order valence-corrected chi connectivity index (χ1v) is 5.87. The Morgan fingerprint density at radius 2 is 1.65 bits per heavy atom. The number of rotatable bonds is 3. The van der Waals surface area contributed by atoms with Gasteiger partial charge in [-0.1, -0.05) is 0 Å². The van der Waals surface area contributed by atoms with E-state index in [0.717, 1.165) is 12.8 Å². The summed E-state index contributed by atoms with van der Waals surface area (Å²) in [5.74, 6) is -0.234. The molecular formula is C12H23NO4. The highest BCUT2D eigenvalue weighted by Gasteiger charge is 2.48. The standard InChI is InChI=1S/C12H23NO4/c1-9(14)16-10-7-11(2,3)13(17-15-6)12(4,5)8-10/h10H,7-8H2,1-6H3. The monoisotopic (exact) mass is 245 g/mol. The smallest absolute Gasteiger partial charge is 0.302 e. The normalized spacial score (nSPS) is 24.6. The van der Waals surface area contributed by atoms with E-state index < -0.39 is 0 Å². The number of carbonyl (C=O) groups excluding carboxylic acids is 1. The summed E-state index contributed by atoms with van der Waals surface area (Å²) in [6.45, 7) is 9.62. The van der Waals surface area contributed by atoms with Crippen molar-refractivity contribution in [1.82, 2.24) is 5.06 Å². The average Bonchev–Trinajstić information content (AvgIpc) is 2.08. The second-order valence-corrected chi connectivity index (χ2v) is 5.80. The molecule has 1 saturated heterocycles. The summed E-state index contributed by atoms with van der Waals surface area (Å²) < 4.78 is 5.33. The number of hydrogen-bond donors (Lipinski definition) is 0. The van der Waals surface area contributed by atoms with Crippen LogP contribution in [0.5, 0.6) is 0 Å². The third kappa shape index (κ3) is 3.40. The van der Waals surface area contributed by atoms with Crippen molar-refractivity contribution in [3.8, 4) is 0 Å². The summed E-state index contributed by atoms with van der Waals surface area (Å²) >= 11 is 0. The molecule has 0 amide bonds. The predicted molar refractivity (Wildman–Crippen MR) is 62.9 cm³/mol. The van der Waals surface area contributed by atoms with Crippen molar-refractivity contribution < 1.29 is 19.4 Å². The van der Waals surface area contributed by atoms with E-state index in [1.54, 1.807) is 0 Å². The molecule has 1 fully saturated rings. The van der Waals surface area contributed by atoms with Crippen LogP contribution in [-0.2, 0) is 19.4 Å². The average molecular weight is 245 g/mol. The van der Waals surface area contributed by atoms with Crippen LogP contribution in [0.4, 0.5) is 0 Å². The van der Waals surface area contributed by atoms with Crippen molar-refractivity contribution >= 4 is 5.97 Å². The molecule has 0 aromatic carbocycles. The number of carbonyl (C=O) groups is 1. The van der Waals surface area contributed by atoms with E-state index in [0.29, 0.717) is 0 Å². The van der Waals surface area contributed by atoms with Crippen molar-refractivity contribution in [2.24, 2.45) is 0 Å². The van der Waals surface area contributed by atoms with Crippen molar-refractivity contribution in [3.63, 3.8) is 0 Å². The summed E-state index contributed by atoms with van der Waals surface area (Å²) in [4.78, 5) is 21.1. The van der Waals surface area contributed by atoms with Gasteiger partial charge >= 0.3 is 5.97 Å². The first-order chi connectivity index (χ1) is 7.69. The van der Waals surface area contributed by atoms with Gasteiger partial charge in [0.2, 0.25) is 0 Å². The molecule has 17 heavy (non-hydrogen) atoms. The summed E-state index contributed by atoms with van der Waals surface area (Å²) in [5.41, 5.74) is -0.504. The van der Waals surface area contributed by atoms with E-state index >= 15 is 0 Å². The Kier molecular flexibility index (Phi) is 4.17. The van der Waals surface area contributed by atoms with Gasteiger partial charge in [0.15, 0.2) is 0 Å². The molecule has 5 heteroatoms. The molecule has 0 atom stereocenters. The Bertz CT molecular complexity index is 270. The lowest BCUT2D eigenvalue weighted by Gasteiger charge is -2.51. The maximum Gasteiger partial charge on any atom is 0.302 e. The van der Waals surface area contributed by atoms with Crippen LogP contribution in [0.3, 0.4) is 0 Å². The zero-order chi connectivity index (χ0) is 13.3. The fourth-order valence-corrected chi connectivity index (χ4v) is 2.77. The highest BCUT2D eigenvalue weighted by molar-refractivity contribution is 5.66. The van der Waals surface area contributed by atoms with Gasteiger partial charge < -0.3 is 4.74 Å². The molecule has 0 spiro atoms. The van der Waals surface area contributed by atoms with Crippen LogP contribution in [0.15, 0.2) is 0 Å². The third-order valence-corrected chi connectivity index (χ3v) is 3.04.